The quantitative estimate of drug-likeness (QED) is 0.663. The van der Waals surface area contributed by atoms with E-state index in [0.29, 0.717) is 5.69 Å². The summed E-state index contributed by atoms with van der Waals surface area (Å²) in [7, 11) is 0. The number of nitrogen functional groups attached to an aromatic ring is 1. The number of esters is 1. The summed E-state index contributed by atoms with van der Waals surface area (Å²) < 4.78 is 5.20. The molecule has 0 aliphatic carbocycles. The Bertz CT molecular complexity index is 413. The third-order valence-corrected chi connectivity index (χ3v) is 2.76. The molecule has 0 saturated carbocycles. The maximum atomic E-state index is 11.5. The van der Waals surface area contributed by atoms with Crippen LogP contribution in [0, 0.1) is 6.92 Å². The Morgan fingerprint density at radius 3 is 2.65 bits per heavy atom. The second-order valence-corrected chi connectivity index (χ2v) is 5.69. The monoisotopic (exact) mass is 254 g/mol. The molecule has 0 aromatic carbocycles. The van der Waals surface area contributed by atoms with E-state index in [1.807, 2.05) is 27.7 Å². The Kier molecular flexibility index (Phi) is 4.40. The minimum Gasteiger partial charge on any atom is -0.459 e. The summed E-state index contributed by atoms with van der Waals surface area (Å²) in [5.41, 5.74) is 6.66. The Morgan fingerprint density at radius 2 is 2.12 bits per heavy atom. The fraction of sp³-hybridized carbons (Fsp3) is 0.500. The first-order chi connectivity index (χ1) is 7.78. The molecule has 0 aliphatic rings. The molecule has 4 nitrogen and oxygen atoms in total. The molecule has 1 aromatic heterocycles. The van der Waals surface area contributed by atoms with Crippen LogP contribution in [0.5, 0.6) is 0 Å². The molecule has 0 spiro atoms. The summed E-state index contributed by atoms with van der Waals surface area (Å²) in [6.45, 7) is 7.39. The normalized spacial score (nSPS) is 11.3. The Hall–Kier alpha value is -1.23. The number of carbonyl (C=O) groups is 1. The average molecular weight is 254 g/mol. The number of aromatic nitrogens is 1. The molecular weight excluding hydrogens is 236 g/mol. The van der Waals surface area contributed by atoms with Gasteiger partial charge >= 0.3 is 5.97 Å². The predicted molar refractivity (Wildman–Crippen MR) is 70.0 cm³/mol. The number of carbonyl (C=O) groups excluding carboxylic acids is 1. The molecule has 0 radical (unpaired) electrons. The third kappa shape index (κ3) is 5.08. The molecule has 1 aromatic rings. The van der Waals surface area contributed by atoms with Gasteiger partial charge in [0, 0.05) is 0 Å². The van der Waals surface area contributed by atoms with Gasteiger partial charge in [-0.1, -0.05) is 11.8 Å². The Labute approximate surface area is 106 Å². The van der Waals surface area contributed by atoms with Crippen molar-refractivity contribution in [3.05, 3.63) is 17.8 Å². The third-order valence-electron chi connectivity index (χ3n) is 1.86. The molecule has 17 heavy (non-hydrogen) atoms. The number of thioether (sulfide) groups is 1. The lowest BCUT2D eigenvalue weighted by Crippen LogP contribution is -2.24. The van der Waals surface area contributed by atoms with Crippen molar-refractivity contribution in [2.24, 2.45) is 0 Å². The maximum absolute atomic E-state index is 11.5. The van der Waals surface area contributed by atoms with Gasteiger partial charge in [0.25, 0.3) is 0 Å². The highest BCUT2D eigenvalue weighted by Gasteiger charge is 2.16. The largest absolute Gasteiger partial charge is 0.459 e. The van der Waals surface area contributed by atoms with Crippen LogP contribution in [0.15, 0.2) is 17.2 Å². The standard InChI is InChI=1S/C12H18N2O2S/c1-8-9(13)5-6-10(14-8)17-7-11(15)16-12(2,3)4/h5-6H,7,13H2,1-4H3. The summed E-state index contributed by atoms with van der Waals surface area (Å²) in [4.78, 5) is 15.8. The van der Waals surface area contributed by atoms with Crippen molar-refractivity contribution in [2.75, 3.05) is 11.5 Å². The van der Waals surface area contributed by atoms with E-state index in [2.05, 4.69) is 4.98 Å². The molecule has 0 saturated heterocycles. The second kappa shape index (κ2) is 5.40. The van der Waals surface area contributed by atoms with Gasteiger partial charge in [-0.15, -0.1) is 0 Å². The van der Waals surface area contributed by atoms with Gasteiger partial charge in [-0.2, -0.15) is 0 Å². The molecule has 94 valence electrons. The van der Waals surface area contributed by atoms with Crippen LogP contribution in [0.2, 0.25) is 0 Å². The zero-order valence-electron chi connectivity index (χ0n) is 10.6. The van der Waals surface area contributed by atoms with Gasteiger partial charge in [0.1, 0.15) is 5.60 Å². The summed E-state index contributed by atoms with van der Waals surface area (Å²) in [6, 6.07) is 3.59. The lowest BCUT2D eigenvalue weighted by atomic mass is 10.2. The van der Waals surface area contributed by atoms with Crippen LogP contribution in [-0.2, 0) is 9.53 Å². The SMILES string of the molecule is Cc1nc(SCC(=O)OC(C)(C)C)ccc1N. The average Bonchev–Trinajstić information content (AvgIpc) is 2.17. The first-order valence-electron chi connectivity index (χ1n) is 5.36. The summed E-state index contributed by atoms with van der Waals surface area (Å²) in [6.07, 6.45) is 0. The molecule has 2 N–H and O–H groups in total. The highest BCUT2D eigenvalue weighted by atomic mass is 32.2. The van der Waals surface area contributed by atoms with Gasteiger partial charge in [-0.3, -0.25) is 4.79 Å². The molecule has 0 fully saturated rings. The van der Waals surface area contributed by atoms with Crippen molar-refractivity contribution in [3.63, 3.8) is 0 Å². The van der Waals surface area contributed by atoms with E-state index in [9.17, 15) is 4.79 Å². The van der Waals surface area contributed by atoms with Crippen LogP contribution in [0.25, 0.3) is 0 Å². The van der Waals surface area contributed by atoms with Gasteiger partial charge in [-0.05, 0) is 39.8 Å². The molecule has 0 bridgehead atoms. The number of ether oxygens (including phenoxy) is 1. The van der Waals surface area contributed by atoms with Crippen molar-refractivity contribution in [2.45, 2.75) is 38.3 Å². The van der Waals surface area contributed by atoms with Crippen LogP contribution in [0.3, 0.4) is 0 Å². The van der Waals surface area contributed by atoms with Crippen LogP contribution in [0.1, 0.15) is 26.5 Å². The van der Waals surface area contributed by atoms with Gasteiger partial charge in [0.15, 0.2) is 0 Å². The lowest BCUT2D eigenvalue weighted by Gasteiger charge is -2.19. The van der Waals surface area contributed by atoms with E-state index < -0.39 is 5.60 Å². The first-order valence-corrected chi connectivity index (χ1v) is 6.34. The highest BCUT2D eigenvalue weighted by Crippen LogP contribution is 2.19. The zero-order chi connectivity index (χ0) is 13.1. The smallest absolute Gasteiger partial charge is 0.316 e. The van der Waals surface area contributed by atoms with Crippen molar-refractivity contribution >= 4 is 23.4 Å². The lowest BCUT2D eigenvalue weighted by molar-refractivity contribution is -0.151. The van der Waals surface area contributed by atoms with E-state index >= 15 is 0 Å². The molecule has 1 rings (SSSR count). The van der Waals surface area contributed by atoms with Crippen molar-refractivity contribution in [1.29, 1.82) is 0 Å². The van der Waals surface area contributed by atoms with Crippen molar-refractivity contribution < 1.29 is 9.53 Å². The molecule has 0 atom stereocenters. The van der Waals surface area contributed by atoms with Crippen LogP contribution in [-0.4, -0.2) is 22.3 Å². The van der Waals surface area contributed by atoms with Gasteiger partial charge in [-0.25, -0.2) is 4.98 Å². The van der Waals surface area contributed by atoms with E-state index in [4.69, 9.17) is 10.5 Å². The molecule has 5 heteroatoms. The Balaban J connectivity index is 2.50. The highest BCUT2D eigenvalue weighted by molar-refractivity contribution is 7.99. The summed E-state index contributed by atoms with van der Waals surface area (Å²) >= 11 is 1.35. The van der Waals surface area contributed by atoms with E-state index in [0.717, 1.165) is 10.7 Å². The number of aryl methyl sites for hydroxylation is 1. The number of hydrogen-bond acceptors (Lipinski definition) is 5. The summed E-state index contributed by atoms with van der Waals surface area (Å²) in [5, 5.41) is 0.780. The molecular formula is C12H18N2O2S. The van der Waals surface area contributed by atoms with Crippen molar-refractivity contribution in [3.8, 4) is 0 Å². The molecule has 0 amide bonds. The van der Waals surface area contributed by atoms with Crippen LogP contribution in [0.4, 0.5) is 5.69 Å². The molecule has 1 heterocycles. The predicted octanol–water partition coefficient (Wildman–Crippen LogP) is 2.41. The van der Waals surface area contributed by atoms with Crippen LogP contribution < -0.4 is 5.73 Å². The maximum Gasteiger partial charge on any atom is 0.316 e. The number of hydrogen-bond donors (Lipinski definition) is 1. The van der Waals surface area contributed by atoms with E-state index in [1.54, 1.807) is 12.1 Å². The van der Waals surface area contributed by atoms with E-state index in [1.165, 1.54) is 11.8 Å². The van der Waals surface area contributed by atoms with Crippen molar-refractivity contribution in [1.82, 2.24) is 4.98 Å². The fourth-order valence-electron chi connectivity index (χ4n) is 1.13. The number of nitrogens with zero attached hydrogens (tertiary/aromatic N) is 1. The first kappa shape index (κ1) is 13.8. The van der Waals surface area contributed by atoms with Gasteiger partial charge < -0.3 is 10.5 Å². The Morgan fingerprint density at radius 1 is 1.47 bits per heavy atom. The number of anilines is 1. The number of pyridine rings is 1. The number of rotatable bonds is 3. The zero-order valence-corrected chi connectivity index (χ0v) is 11.4. The minimum atomic E-state index is -0.442. The van der Waals surface area contributed by atoms with E-state index in [-0.39, 0.29) is 11.7 Å². The molecule has 0 unspecified atom stereocenters. The number of nitrogens with two attached hydrogens (primary N) is 1. The minimum absolute atomic E-state index is 0.237. The van der Waals surface area contributed by atoms with Gasteiger partial charge in [0.2, 0.25) is 0 Å². The van der Waals surface area contributed by atoms with Gasteiger partial charge in [0.05, 0.1) is 22.2 Å². The second-order valence-electron chi connectivity index (χ2n) is 4.70. The van der Waals surface area contributed by atoms with Crippen LogP contribution >= 0.6 is 11.8 Å². The fourth-order valence-corrected chi connectivity index (χ4v) is 1.82. The molecule has 0 aliphatic heterocycles. The topological polar surface area (TPSA) is 65.2 Å². The summed E-state index contributed by atoms with van der Waals surface area (Å²) in [5.74, 6) is 0.0203.